The maximum absolute atomic E-state index is 9.22. The van der Waals surface area contributed by atoms with Gasteiger partial charge in [-0.15, -0.1) is 0 Å². The van der Waals surface area contributed by atoms with Gasteiger partial charge in [-0.05, 0) is 24.1 Å². The number of benzene rings is 2. The van der Waals surface area contributed by atoms with Crippen LogP contribution in [0.25, 0.3) is 22.2 Å². The number of nitrogens with zero attached hydrogens (tertiary/aromatic N) is 1. The smallest absolute Gasteiger partial charge is 0.344 e. The van der Waals surface area contributed by atoms with E-state index in [-0.39, 0.29) is 0 Å². The lowest BCUT2D eigenvalue weighted by molar-refractivity contribution is -0.679. The summed E-state index contributed by atoms with van der Waals surface area (Å²) in [5.41, 5.74) is 4.58. The van der Waals surface area contributed by atoms with Crippen molar-refractivity contribution < 1.29 is 26.1 Å². The molecule has 0 aliphatic rings. The molecule has 3 rings (SSSR count). The van der Waals surface area contributed by atoms with Crippen LogP contribution in [0.15, 0.2) is 52.9 Å². The number of fused-ring (bicyclic) bond motifs is 1. The molecule has 0 saturated carbocycles. The van der Waals surface area contributed by atoms with Gasteiger partial charge in [-0.3, -0.25) is 4.18 Å². The lowest BCUT2D eigenvalue weighted by atomic mass is 10.1. The molecule has 0 spiro atoms. The third kappa shape index (κ3) is 4.41. The maximum atomic E-state index is 9.22. The highest BCUT2D eigenvalue weighted by molar-refractivity contribution is 7.80. The Bertz CT molecular complexity index is 917. The predicted octanol–water partition coefficient (Wildman–Crippen LogP) is 2.81. The highest BCUT2D eigenvalue weighted by Crippen LogP contribution is 2.23. The Labute approximate surface area is 141 Å². The number of aryl methyl sites for hydroxylation is 2. The molecule has 0 amide bonds. The molecule has 1 heterocycles. The summed E-state index contributed by atoms with van der Waals surface area (Å²) < 4.78 is 39.0. The van der Waals surface area contributed by atoms with Crippen LogP contribution in [-0.4, -0.2) is 20.1 Å². The Balaban J connectivity index is 0.000000301. The van der Waals surface area contributed by atoms with Gasteiger partial charge in [0.2, 0.25) is 16.0 Å². The molecule has 0 bridgehead atoms. The van der Waals surface area contributed by atoms with Crippen LogP contribution in [0.2, 0.25) is 0 Å². The molecule has 1 aromatic heterocycles. The molecule has 0 radical (unpaired) electrons. The van der Waals surface area contributed by atoms with E-state index in [2.05, 4.69) is 58.1 Å². The van der Waals surface area contributed by atoms with Crippen LogP contribution in [0.5, 0.6) is 0 Å². The minimum absolute atomic E-state index is 0.808. The van der Waals surface area contributed by atoms with Crippen molar-refractivity contribution in [3.63, 3.8) is 0 Å². The van der Waals surface area contributed by atoms with Gasteiger partial charge in [0.25, 0.3) is 5.52 Å². The van der Waals surface area contributed by atoms with E-state index in [1.54, 1.807) is 0 Å². The minimum atomic E-state index is -4.41. The number of oxazole rings is 1. The highest BCUT2D eigenvalue weighted by Gasteiger charge is 2.17. The second kappa shape index (κ2) is 7.57. The zero-order chi connectivity index (χ0) is 17.7. The molecule has 0 N–H and O–H groups in total. The Morgan fingerprint density at radius 1 is 1.12 bits per heavy atom. The molecule has 3 aromatic rings. The molecule has 0 aliphatic heterocycles. The SMILES string of the molecule is CC[n+]1c(C)oc2ccc(-c3ccccc3)cc21.COS(=O)(=O)[O-]. The van der Waals surface area contributed by atoms with Crippen molar-refractivity contribution in [3.8, 4) is 11.1 Å². The van der Waals surface area contributed by atoms with Crippen LogP contribution in [0.3, 0.4) is 0 Å². The molecule has 0 aliphatic carbocycles. The summed E-state index contributed by atoms with van der Waals surface area (Å²) in [7, 11) is -3.60. The van der Waals surface area contributed by atoms with Gasteiger partial charge < -0.3 is 8.97 Å². The largest absolute Gasteiger partial charge is 0.726 e. The summed E-state index contributed by atoms with van der Waals surface area (Å²) in [6.45, 7) is 5.07. The van der Waals surface area contributed by atoms with Gasteiger partial charge in [0.15, 0.2) is 0 Å². The summed E-state index contributed by atoms with van der Waals surface area (Å²) in [5.74, 6) is 0.956. The first-order valence-corrected chi connectivity index (χ1v) is 8.69. The van der Waals surface area contributed by atoms with Crippen LogP contribution in [0.4, 0.5) is 0 Å². The van der Waals surface area contributed by atoms with Crippen molar-refractivity contribution in [2.24, 2.45) is 0 Å². The maximum Gasteiger partial charge on any atom is 0.344 e. The fourth-order valence-electron chi connectivity index (χ4n) is 2.40. The summed E-state index contributed by atoms with van der Waals surface area (Å²) >= 11 is 0. The van der Waals surface area contributed by atoms with Crippen molar-refractivity contribution in [2.45, 2.75) is 20.4 Å². The van der Waals surface area contributed by atoms with Crippen LogP contribution < -0.4 is 4.57 Å². The van der Waals surface area contributed by atoms with Gasteiger partial charge in [0, 0.05) is 6.07 Å². The molecular formula is C17H19NO5S. The summed E-state index contributed by atoms with van der Waals surface area (Å²) in [6.07, 6.45) is 0. The fraction of sp³-hybridized carbons (Fsp3) is 0.235. The molecular weight excluding hydrogens is 330 g/mol. The van der Waals surface area contributed by atoms with Crippen molar-refractivity contribution in [2.75, 3.05) is 7.11 Å². The monoisotopic (exact) mass is 349 g/mol. The molecule has 6 nitrogen and oxygen atoms in total. The third-order valence-corrected chi connectivity index (χ3v) is 3.92. The average molecular weight is 349 g/mol. The van der Waals surface area contributed by atoms with E-state index in [0.29, 0.717) is 0 Å². The van der Waals surface area contributed by atoms with E-state index in [1.807, 2.05) is 13.0 Å². The van der Waals surface area contributed by atoms with Crippen molar-refractivity contribution in [3.05, 3.63) is 54.4 Å². The van der Waals surface area contributed by atoms with Gasteiger partial charge in [-0.2, -0.15) is 4.57 Å². The van der Waals surface area contributed by atoms with Gasteiger partial charge in [0.05, 0.1) is 14.0 Å². The van der Waals surface area contributed by atoms with Gasteiger partial charge in [-0.1, -0.05) is 36.4 Å². The van der Waals surface area contributed by atoms with E-state index in [1.165, 1.54) is 11.1 Å². The number of hydrogen-bond donors (Lipinski definition) is 0. The van der Waals surface area contributed by atoms with Gasteiger partial charge in [0.1, 0.15) is 6.54 Å². The van der Waals surface area contributed by atoms with E-state index in [0.717, 1.165) is 30.6 Å². The van der Waals surface area contributed by atoms with E-state index in [4.69, 9.17) is 4.42 Å². The highest BCUT2D eigenvalue weighted by atomic mass is 32.3. The molecule has 128 valence electrons. The summed E-state index contributed by atoms with van der Waals surface area (Å²) in [6, 6.07) is 16.8. The Morgan fingerprint density at radius 3 is 2.29 bits per heavy atom. The first kappa shape index (κ1) is 18.1. The lowest BCUT2D eigenvalue weighted by Gasteiger charge is -1.99. The van der Waals surface area contributed by atoms with Crippen LogP contribution in [-0.2, 0) is 21.1 Å². The Hall–Kier alpha value is -2.22. The zero-order valence-corrected chi connectivity index (χ0v) is 14.5. The normalized spacial score (nSPS) is 11.2. The number of hydrogen-bond acceptors (Lipinski definition) is 5. The van der Waals surface area contributed by atoms with E-state index in [9.17, 15) is 13.0 Å². The second-order valence-corrected chi connectivity index (χ2v) is 6.14. The first-order valence-electron chi connectivity index (χ1n) is 7.35. The zero-order valence-electron chi connectivity index (χ0n) is 13.7. The topological polar surface area (TPSA) is 83.5 Å². The number of rotatable bonds is 3. The van der Waals surface area contributed by atoms with E-state index < -0.39 is 10.4 Å². The lowest BCUT2D eigenvalue weighted by Crippen LogP contribution is -2.33. The Morgan fingerprint density at radius 2 is 1.75 bits per heavy atom. The molecule has 24 heavy (non-hydrogen) atoms. The van der Waals surface area contributed by atoms with Crippen LogP contribution in [0, 0.1) is 6.92 Å². The third-order valence-electron chi connectivity index (χ3n) is 3.51. The molecule has 0 unspecified atom stereocenters. The van der Waals surface area contributed by atoms with Crippen LogP contribution >= 0.6 is 0 Å². The quantitative estimate of drug-likeness (QED) is 0.412. The molecule has 0 atom stereocenters. The molecule has 2 aromatic carbocycles. The van der Waals surface area contributed by atoms with Crippen molar-refractivity contribution in [1.82, 2.24) is 0 Å². The average Bonchev–Trinajstić information content (AvgIpc) is 2.89. The summed E-state index contributed by atoms with van der Waals surface area (Å²) in [4.78, 5) is 0. The predicted molar refractivity (Wildman–Crippen MR) is 89.0 cm³/mol. The van der Waals surface area contributed by atoms with Crippen molar-refractivity contribution >= 4 is 21.5 Å². The molecule has 0 saturated heterocycles. The van der Waals surface area contributed by atoms with Gasteiger partial charge >= 0.3 is 5.89 Å². The Kier molecular flexibility index (Phi) is 5.71. The standard InChI is InChI=1S/C16H16NO.CH4O4S/c1-3-17-12(2)18-16-10-9-14(11-15(16)17)13-7-5-4-6-8-13;1-5-6(2,3)4/h4-11H,3H2,1-2H3;1H3,(H,2,3,4)/q+1;/p-1. The van der Waals surface area contributed by atoms with Crippen molar-refractivity contribution in [1.29, 1.82) is 0 Å². The van der Waals surface area contributed by atoms with Crippen LogP contribution in [0.1, 0.15) is 12.8 Å². The van der Waals surface area contributed by atoms with E-state index >= 15 is 0 Å². The molecule has 0 fully saturated rings. The first-order chi connectivity index (χ1) is 11.4. The molecule has 7 heteroatoms. The summed E-state index contributed by atoms with van der Waals surface area (Å²) in [5, 5.41) is 0. The van der Waals surface area contributed by atoms with Gasteiger partial charge in [-0.25, -0.2) is 8.42 Å². The minimum Gasteiger partial charge on any atom is -0.726 e. The number of aromatic nitrogens is 1. The second-order valence-electron chi connectivity index (χ2n) is 4.99. The fourth-order valence-corrected chi connectivity index (χ4v) is 2.40.